The van der Waals surface area contributed by atoms with Crippen LogP contribution in [0.3, 0.4) is 0 Å². The number of hydrogen-bond acceptors (Lipinski definition) is 5. The van der Waals surface area contributed by atoms with Gasteiger partial charge in [-0.3, -0.25) is 19.5 Å². The first-order valence-electron chi connectivity index (χ1n) is 7.07. The van der Waals surface area contributed by atoms with E-state index in [0.29, 0.717) is 11.4 Å². The smallest absolute Gasteiger partial charge is 0.270 e. The maximum atomic E-state index is 12.4. The van der Waals surface area contributed by atoms with Crippen molar-refractivity contribution in [3.63, 3.8) is 0 Å². The van der Waals surface area contributed by atoms with Gasteiger partial charge in [0, 0.05) is 18.2 Å². The highest BCUT2D eigenvalue weighted by molar-refractivity contribution is 7.92. The third kappa shape index (κ3) is 3.50. The molecular weight excluding hydrogens is 320 g/mol. The molecule has 1 atom stereocenters. The quantitative estimate of drug-likeness (QED) is 0.643. The van der Waals surface area contributed by atoms with E-state index < -0.39 is 14.9 Å². The summed E-state index contributed by atoms with van der Waals surface area (Å²) in [6.45, 7) is 5.77. The Labute approximate surface area is 134 Å². The molecule has 0 aliphatic carbocycles. The first-order valence-corrected chi connectivity index (χ1v) is 8.56. The van der Waals surface area contributed by atoms with Gasteiger partial charge in [0.1, 0.15) is 0 Å². The number of anilines is 1. The number of nitro groups is 1. The molecule has 9 heteroatoms. The Morgan fingerprint density at radius 1 is 1.43 bits per heavy atom. The van der Waals surface area contributed by atoms with Gasteiger partial charge in [0.25, 0.3) is 15.7 Å². The second-order valence-corrected chi connectivity index (χ2v) is 6.89. The lowest BCUT2D eigenvalue weighted by molar-refractivity contribution is -0.385. The maximum Gasteiger partial charge on any atom is 0.270 e. The highest BCUT2D eigenvalue weighted by atomic mass is 32.2. The number of rotatable bonds is 6. The average Bonchev–Trinajstić information content (AvgIpc) is 2.87. The number of nitrogens with one attached hydrogen (secondary N) is 1. The Bertz CT molecular complexity index is 829. The van der Waals surface area contributed by atoms with Crippen LogP contribution in [-0.2, 0) is 10.0 Å². The Balaban J connectivity index is 2.34. The molecule has 2 aromatic rings. The highest BCUT2D eigenvalue weighted by Crippen LogP contribution is 2.24. The summed E-state index contributed by atoms with van der Waals surface area (Å²) in [7, 11) is -3.92. The predicted molar refractivity (Wildman–Crippen MR) is 85.9 cm³/mol. The van der Waals surface area contributed by atoms with Crippen LogP contribution in [0.5, 0.6) is 0 Å². The molecule has 2 rings (SSSR count). The lowest BCUT2D eigenvalue weighted by atomic mass is 10.2. The van der Waals surface area contributed by atoms with Crippen LogP contribution >= 0.6 is 0 Å². The van der Waals surface area contributed by atoms with Gasteiger partial charge in [0.05, 0.1) is 27.4 Å². The summed E-state index contributed by atoms with van der Waals surface area (Å²) in [5.41, 5.74) is 0.769. The van der Waals surface area contributed by atoms with Gasteiger partial charge in [-0.25, -0.2) is 8.42 Å². The fraction of sp³-hybridized carbons (Fsp3) is 0.357. The summed E-state index contributed by atoms with van der Waals surface area (Å²) in [5, 5.41) is 15.0. The molecule has 0 saturated carbocycles. The summed E-state index contributed by atoms with van der Waals surface area (Å²) < 4.78 is 29.0. The van der Waals surface area contributed by atoms with E-state index >= 15 is 0 Å². The molecule has 1 N–H and O–H groups in total. The summed E-state index contributed by atoms with van der Waals surface area (Å²) in [5.74, 6) is 0. The SMILES string of the molecule is CC[C@H](C)n1ncc(NS(=O)(=O)c2cccc([N+](=O)[O-])c2)c1C. The zero-order chi connectivity index (χ0) is 17.2. The van der Waals surface area contributed by atoms with E-state index in [9.17, 15) is 18.5 Å². The van der Waals surface area contributed by atoms with Crippen LogP contribution < -0.4 is 4.72 Å². The van der Waals surface area contributed by atoms with Gasteiger partial charge >= 0.3 is 0 Å². The van der Waals surface area contributed by atoms with E-state index in [-0.39, 0.29) is 16.6 Å². The van der Waals surface area contributed by atoms with Crippen molar-refractivity contribution < 1.29 is 13.3 Å². The predicted octanol–water partition coefficient (Wildman–Crippen LogP) is 2.87. The van der Waals surface area contributed by atoms with Gasteiger partial charge in [-0.15, -0.1) is 0 Å². The standard InChI is InChI=1S/C14H18N4O4S/c1-4-10(2)17-11(3)14(9-15-17)16-23(21,22)13-7-5-6-12(8-13)18(19)20/h5-10,16H,4H2,1-3H3/t10-/m0/s1. The fourth-order valence-electron chi connectivity index (χ4n) is 2.11. The molecule has 0 bridgehead atoms. The zero-order valence-electron chi connectivity index (χ0n) is 13.1. The summed E-state index contributed by atoms with van der Waals surface area (Å²) in [4.78, 5) is 9.98. The van der Waals surface area contributed by atoms with Crippen LogP contribution in [-0.4, -0.2) is 23.1 Å². The first-order chi connectivity index (χ1) is 10.8. The van der Waals surface area contributed by atoms with E-state index in [1.165, 1.54) is 24.4 Å². The highest BCUT2D eigenvalue weighted by Gasteiger charge is 2.20. The number of sulfonamides is 1. The molecule has 0 aliphatic rings. The van der Waals surface area contributed by atoms with Crippen LogP contribution in [0.25, 0.3) is 0 Å². The lowest BCUT2D eigenvalue weighted by Crippen LogP contribution is -2.14. The molecule has 0 saturated heterocycles. The summed E-state index contributed by atoms with van der Waals surface area (Å²) in [6.07, 6.45) is 2.30. The van der Waals surface area contributed by atoms with Crippen molar-refractivity contribution in [2.75, 3.05) is 4.72 Å². The Hall–Kier alpha value is -2.42. The molecular formula is C14H18N4O4S. The normalized spacial score (nSPS) is 12.8. The second kappa shape index (κ2) is 6.37. The van der Waals surface area contributed by atoms with Crippen LogP contribution in [0.1, 0.15) is 32.0 Å². The number of non-ortho nitro benzene ring substituents is 1. The Kier molecular flexibility index (Phi) is 4.69. The zero-order valence-corrected chi connectivity index (χ0v) is 13.9. The van der Waals surface area contributed by atoms with Gasteiger partial charge in [-0.1, -0.05) is 13.0 Å². The Morgan fingerprint density at radius 2 is 2.13 bits per heavy atom. The van der Waals surface area contributed by atoms with Crippen molar-refractivity contribution in [2.24, 2.45) is 0 Å². The van der Waals surface area contributed by atoms with Crippen molar-refractivity contribution in [2.45, 2.75) is 38.1 Å². The van der Waals surface area contributed by atoms with E-state index in [0.717, 1.165) is 12.5 Å². The molecule has 0 aliphatic heterocycles. The molecule has 0 spiro atoms. The van der Waals surface area contributed by atoms with Gasteiger partial charge in [0.2, 0.25) is 0 Å². The van der Waals surface area contributed by atoms with E-state index in [4.69, 9.17) is 0 Å². The number of nitrogens with zero attached hydrogens (tertiary/aromatic N) is 3. The molecule has 0 radical (unpaired) electrons. The van der Waals surface area contributed by atoms with Crippen LogP contribution in [0.4, 0.5) is 11.4 Å². The van der Waals surface area contributed by atoms with Crippen LogP contribution in [0, 0.1) is 17.0 Å². The summed E-state index contributed by atoms with van der Waals surface area (Å²) in [6, 6.07) is 5.06. The minimum atomic E-state index is -3.92. The van der Waals surface area contributed by atoms with Crippen molar-refractivity contribution in [1.29, 1.82) is 0 Å². The minimum Gasteiger partial charge on any atom is -0.276 e. The third-order valence-corrected chi connectivity index (χ3v) is 5.00. The van der Waals surface area contributed by atoms with Crippen LogP contribution in [0.2, 0.25) is 0 Å². The molecule has 1 aromatic heterocycles. The first kappa shape index (κ1) is 16.9. The number of aromatic nitrogens is 2. The largest absolute Gasteiger partial charge is 0.276 e. The molecule has 0 fully saturated rings. The molecule has 1 aromatic carbocycles. The van der Waals surface area contributed by atoms with Gasteiger partial charge in [-0.05, 0) is 26.3 Å². The van der Waals surface area contributed by atoms with Gasteiger partial charge in [0.15, 0.2) is 0 Å². The van der Waals surface area contributed by atoms with Crippen molar-refractivity contribution in [3.8, 4) is 0 Å². The molecule has 23 heavy (non-hydrogen) atoms. The molecule has 124 valence electrons. The van der Waals surface area contributed by atoms with E-state index in [1.54, 1.807) is 11.6 Å². The van der Waals surface area contributed by atoms with Crippen LogP contribution in [0.15, 0.2) is 35.4 Å². The molecule has 1 heterocycles. The third-order valence-electron chi connectivity index (χ3n) is 3.64. The van der Waals surface area contributed by atoms with Crippen molar-refractivity contribution in [1.82, 2.24) is 9.78 Å². The van der Waals surface area contributed by atoms with Gasteiger partial charge < -0.3 is 0 Å². The molecule has 8 nitrogen and oxygen atoms in total. The number of benzene rings is 1. The monoisotopic (exact) mass is 338 g/mol. The van der Waals surface area contributed by atoms with Crippen molar-refractivity contribution in [3.05, 3.63) is 46.3 Å². The average molecular weight is 338 g/mol. The van der Waals surface area contributed by atoms with Gasteiger partial charge in [-0.2, -0.15) is 5.10 Å². The van der Waals surface area contributed by atoms with E-state index in [1.807, 2.05) is 13.8 Å². The topological polar surface area (TPSA) is 107 Å². The lowest BCUT2D eigenvalue weighted by Gasteiger charge is -2.12. The Morgan fingerprint density at radius 3 is 2.74 bits per heavy atom. The number of hydrogen-bond donors (Lipinski definition) is 1. The van der Waals surface area contributed by atoms with Crippen molar-refractivity contribution >= 4 is 21.4 Å². The fourth-order valence-corrected chi connectivity index (χ4v) is 3.25. The van der Waals surface area contributed by atoms with E-state index in [2.05, 4.69) is 9.82 Å². The minimum absolute atomic E-state index is 0.145. The molecule has 0 amide bonds. The summed E-state index contributed by atoms with van der Waals surface area (Å²) >= 11 is 0. The molecule has 0 unspecified atom stereocenters. The number of nitro benzene ring substituents is 1. The maximum absolute atomic E-state index is 12.4. The second-order valence-electron chi connectivity index (χ2n) is 5.21.